The second-order valence-electron chi connectivity index (χ2n) is 3.07. The molecule has 1 aromatic rings. The summed E-state index contributed by atoms with van der Waals surface area (Å²) in [4.78, 5) is 22.4. The fraction of sp³-hybridized carbons (Fsp3) is 0.200. The minimum absolute atomic E-state index is 0.354. The van der Waals surface area contributed by atoms with Crippen LogP contribution in [0.3, 0.4) is 0 Å². The highest BCUT2D eigenvalue weighted by molar-refractivity contribution is 7.83. The lowest BCUT2D eigenvalue weighted by Gasteiger charge is -2.16. The van der Waals surface area contributed by atoms with E-state index in [1.54, 1.807) is 30.3 Å². The van der Waals surface area contributed by atoms with Crippen LogP contribution >= 0.6 is 12.6 Å². The van der Waals surface area contributed by atoms with Crippen LogP contribution in [0.5, 0.6) is 0 Å². The number of carbonyl (C=O) groups is 2. The van der Waals surface area contributed by atoms with Gasteiger partial charge in [0.05, 0.1) is 0 Å². The van der Waals surface area contributed by atoms with Crippen molar-refractivity contribution >= 4 is 24.4 Å². The summed E-state index contributed by atoms with van der Waals surface area (Å²) in [5, 5.41) is 8.78. The van der Waals surface area contributed by atoms with Gasteiger partial charge in [-0.1, -0.05) is 30.3 Å². The average Bonchev–Trinajstić information content (AvgIpc) is 2.17. The second-order valence-corrected chi connectivity index (χ2v) is 3.97. The molecule has 1 N–H and O–H groups in total. The number of benzene rings is 1. The van der Waals surface area contributed by atoms with Gasteiger partial charge in [0, 0.05) is 5.56 Å². The van der Waals surface area contributed by atoms with E-state index in [1.807, 2.05) is 0 Å². The van der Waals surface area contributed by atoms with Crippen molar-refractivity contribution < 1.29 is 14.7 Å². The molecule has 0 fully saturated rings. The van der Waals surface area contributed by atoms with E-state index in [0.717, 1.165) is 0 Å². The van der Waals surface area contributed by atoms with Crippen molar-refractivity contribution in [2.75, 3.05) is 0 Å². The highest BCUT2D eigenvalue weighted by Crippen LogP contribution is 2.20. The Kier molecular flexibility index (Phi) is 2.96. The molecular formula is C10H10O3S. The van der Waals surface area contributed by atoms with Crippen molar-refractivity contribution in [1.29, 1.82) is 0 Å². The minimum atomic E-state index is -1.67. The molecule has 1 aromatic carbocycles. The fourth-order valence-corrected chi connectivity index (χ4v) is 1.10. The van der Waals surface area contributed by atoms with Crippen molar-refractivity contribution in [3.8, 4) is 0 Å². The van der Waals surface area contributed by atoms with Crippen LogP contribution in [0.4, 0.5) is 0 Å². The Bertz CT molecular complexity index is 357. The largest absolute Gasteiger partial charge is 0.480 e. The number of aliphatic carboxylic acids is 1. The van der Waals surface area contributed by atoms with E-state index in [9.17, 15) is 9.59 Å². The number of carboxylic acid groups (broad SMARTS) is 1. The monoisotopic (exact) mass is 210 g/mol. The molecule has 0 aliphatic heterocycles. The normalized spacial score (nSPS) is 14.4. The lowest BCUT2D eigenvalue weighted by atomic mass is 9.99. The zero-order valence-corrected chi connectivity index (χ0v) is 8.49. The van der Waals surface area contributed by atoms with Crippen LogP contribution in [-0.2, 0) is 4.79 Å². The van der Waals surface area contributed by atoms with Gasteiger partial charge in [-0.05, 0) is 6.92 Å². The van der Waals surface area contributed by atoms with Crippen LogP contribution in [0.25, 0.3) is 0 Å². The Hall–Kier alpha value is -1.29. The van der Waals surface area contributed by atoms with Gasteiger partial charge >= 0.3 is 5.97 Å². The maximum Gasteiger partial charge on any atom is 0.327 e. The van der Waals surface area contributed by atoms with Gasteiger partial charge in [-0.15, -0.1) is 0 Å². The third-order valence-electron chi connectivity index (χ3n) is 1.89. The third kappa shape index (κ3) is 1.96. The first kappa shape index (κ1) is 10.8. The van der Waals surface area contributed by atoms with Gasteiger partial charge in [-0.2, -0.15) is 12.6 Å². The molecule has 1 atom stereocenters. The summed E-state index contributed by atoms with van der Waals surface area (Å²) in [6, 6.07) is 8.25. The summed E-state index contributed by atoms with van der Waals surface area (Å²) in [6.45, 7) is 1.27. The Morgan fingerprint density at radius 3 is 2.21 bits per heavy atom. The zero-order valence-electron chi connectivity index (χ0n) is 7.60. The van der Waals surface area contributed by atoms with E-state index in [-0.39, 0.29) is 0 Å². The molecular weight excluding hydrogens is 200 g/mol. The summed E-state index contributed by atoms with van der Waals surface area (Å²) in [6.07, 6.45) is 0. The van der Waals surface area contributed by atoms with Gasteiger partial charge in [0.25, 0.3) is 0 Å². The van der Waals surface area contributed by atoms with Crippen LogP contribution < -0.4 is 0 Å². The summed E-state index contributed by atoms with van der Waals surface area (Å²) in [5.74, 6) is -1.75. The number of hydrogen-bond donors (Lipinski definition) is 2. The standard InChI is InChI=1S/C10H10O3S/c1-10(14,9(12)13)8(11)7-5-3-2-4-6-7/h2-6,14H,1H3,(H,12,13). The Morgan fingerprint density at radius 2 is 1.79 bits per heavy atom. The van der Waals surface area contributed by atoms with E-state index in [0.29, 0.717) is 5.56 Å². The molecule has 4 heteroatoms. The number of Topliss-reactive ketones (excluding diaryl/α,β-unsaturated/α-hetero) is 1. The number of rotatable bonds is 3. The van der Waals surface area contributed by atoms with Crippen molar-refractivity contribution in [1.82, 2.24) is 0 Å². The number of thiol groups is 1. The number of ketones is 1. The lowest BCUT2D eigenvalue weighted by molar-refractivity contribution is -0.137. The average molecular weight is 210 g/mol. The molecule has 3 nitrogen and oxygen atoms in total. The van der Waals surface area contributed by atoms with Crippen molar-refractivity contribution in [2.24, 2.45) is 0 Å². The molecule has 0 bridgehead atoms. The van der Waals surface area contributed by atoms with Gasteiger partial charge in [0.2, 0.25) is 0 Å². The van der Waals surface area contributed by atoms with Crippen molar-refractivity contribution in [3.63, 3.8) is 0 Å². The molecule has 0 radical (unpaired) electrons. The quantitative estimate of drug-likeness (QED) is 0.453. The van der Waals surface area contributed by atoms with Gasteiger partial charge in [0.15, 0.2) is 10.5 Å². The maximum absolute atomic E-state index is 11.7. The molecule has 1 rings (SSSR count). The highest BCUT2D eigenvalue weighted by Gasteiger charge is 2.37. The molecule has 74 valence electrons. The summed E-state index contributed by atoms with van der Waals surface area (Å²) >= 11 is 3.84. The van der Waals surface area contributed by atoms with Crippen molar-refractivity contribution in [2.45, 2.75) is 11.7 Å². The first-order valence-corrected chi connectivity index (χ1v) is 4.46. The maximum atomic E-state index is 11.7. The Balaban J connectivity index is 3.03. The molecule has 0 aliphatic carbocycles. The predicted molar refractivity (Wildman–Crippen MR) is 55.8 cm³/mol. The third-order valence-corrected chi connectivity index (χ3v) is 2.29. The molecule has 0 saturated carbocycles. The van der Waals surface area contributed by atoms with Crippen LogP contribution in [0.15, 0.2) is 30.3 Å². The van der Waals surface area contributed by atoms with E-state index in [4.69, 9.17) is 5.11 Å². The van der Waals surface area contributed by atoms with Gasteiger partial charge < -0.3 is 5.11 Å². The molecule has 0 aromatic heterocycles. The number of hydrogen-bond acceptors (Lipinski definition) is 3. The van der Waals surface area contributed by atoms with Crippen LogP contribution in [0.2, 0.25) is 0 Å². The lowest BCUT2D eigenvalue weighted by Crippen LogP contribution is -2.38. The smallest absolute Gasteiger partial charge is 0.327 e. The Labute approximate surface area is 87.2 Å². The highest BCUT2D eigenvalue weighted by atomic mass is 32.1. The summed E-state index contributed by atoms with van der Waals surface area (Å²) in [5.41, 5.74) is 0.354. The molecule has 0 amide bonds. The van der Waals surface area contributed by atoms with Gasteiger partial charge in [-0.25, -0.2) is 0 Å². The molecule has 0 spiro atoms. The SMILES string of the molecule is CC(S)(C(=O)O)C(=O)c1ccccc1. The topological polar surface area (TPSA) is 54.4 Å². The first-order valence-electron chi connectivity index (χ1n) is 4.02. The first-order chi connectivity index (χ1) is 6.46. The molecule has 1 unspecified atom stereocenters. The van der Waals surface area contributed by atoms with Crippen LogP contribution in [0, 0.1) is 0 Å². The van der Waals surface area contributed by atoms with E-state index in [1.165, 1.54) is 6.92 Å². The van der Waals surface area contributed by atoms with Crippen molar-refractivity contribution in [3.05, 3.63) is 35.9 Å². The van der Waals surface area contributed by atoms with E-state index >= 15 is 0 Å². The van der Waals surface area contributed by atoms with Gasteiger partial charge in [-0.3, -0.25) is 9.59 Å². The predicted octanol–water partition coefficient (Wildman–Crippen LogP) is 1.64. The summed E-state index contributed by atoms with van der Waals surface area (Å²) < 4.78 is -1.67. The van der Waals surface area contributed by atoms with E-state index < -0.39 is 16.5 Å². The number of carboxylic acids is 1. The van der Waals surface area contributed by atoms with E-state index in [2.05, 4.69) is 12.6 Å². The molecule has 0 saturated heterocycles. The second kappa shape index (κ2) is 3.84. The van der Waals surface area contributed by atoms with Gasteiger partial charge in [0.1, 0.15) is 0 Å². The number of carbonyl (C=O) groups excluding carboxylic acids is 1. The molecule has 14 heavy (non-hydrogen) atoms. The fourth-order valence-electron chi connectivity index (χ4n) is 0.968. The molecule has 0 heterocycles. The minimum Gasteiger partial charge on any atom is -0.480 e. The molecule has 0 aliphatic rings. The van der Waals surface area contributed by atoms with Crippen LogP contribution in [-0.4, -0.2) is 21.6 Å². The summed E-state index contributed by atoms with van der Waals surface area (Å²) in [7, 11) is 0. The zero-order chi connectivity index (χ0) is 10.8. The Morgan fingerprint density at radius 1 is 1.29 bits per heavy atom. The van der Waals surface area contributed by atoms with Crippen LogP contribution in [0.1, 0.15) is 17.3 Å².